The van der Waals surface area contributed by atoms with Gasteiger partial charge in [-0.05, 0) is 81.8 Å². The van der Waals surface area contributed by atoms with Gasteiger partial charge in [0.05, 0.1) is 0 Å². The molecule has 0 heterocycles. The summed E-state index contributed by atoms with van der Waals surface area (Å²) in [7, 11) is 0. The molecule has 0 aliphatic rings. The number of carbonyl (C=O) groups is 2. The maximum atomic E-state index is 12.5. The van der Waals surface area contributed by atoms with Gasteiger partial charge in [-0.2, -0.15) is 0 Å². The predicted octanol–water partition coefficient (Wildman–Crippen LogP) is 3.58. The van der Waals surface area contributed by atoms with E-state index < -0.39 is 5.60 Å². The summed E-state index contributed by atoms with van der Waals surface area (Å²) in [5, 5.41) is 3.43. The third-order valence-electron chi connectivity index (χ3n) is 4.06. The van der Waals surface area contributed by atoms with Gasteiger partial charge >= 0.3 is 0 Å². The van der Waals surface area contributed by atoms with Gasteiger partial charge in [-0.25, -0.2) is 0 Å². The molecule has 2 aromatic carbocycles. The van der Waals surface area contributed by atoms with Crippen LogP contribution in [0.25, 0.3) is 0 Å². The first-order valence-electron chi connectivity index (χ1n) is 8.91. The topological polar surface area (TPSA) is 81.4 Å². The lowest BCUT2D eigenvalue weighted by molar-refractivity contribution is -0.134. The summed E-state index contributed by atoms with van der Waals surface area (Å²) in [5.41, 5.74) is 5.52. The first-order valence-corrected chi connectivity index (χ1v) is 9.29. The lowest BCUT2D eigenvalue weighted by atomic mass is 10.0. The first-order chi connectivity index (χ1) is 12.8. The van der Waals surface area contributed by atoms with E-state index in [1.165, 1.54) is 0 Å². The quantitative estimate of drug-likeness (QED) is 0.508. The van der Waals surface area contributed by atoms with Crippen molar-refractivity contribution in [3.05, 3.63) is 64.7 Å². The van der Waals surface area contributed by atoms with Crippen LogP contribution in [0.5, 0.6) is 5.75 Å². The minimum Gasteiger partial charge on any atom is -0.478 e. The highest BCUT2D eigenvalue weighted by atomic mass is 35.5. The molecule has 0 aliphatic carbocycles. The van der Waals surface area contributed by atoms with E-state index in [4.69, 9.17) is 22.1 Å². The molecule has 0 saturated heterocycles. The number of halogens is 1. The Balaban J connectivity index is 1.98. The molecular formula is C21H25ClN2O3. The maximum Gasteiger partial charge on any atom is 0.263 e. The molecule has 1 amide bonds. The Kier molecular flexibility index (Phi) is 7.39. The fourth-order valence-electron chi connectivity index (χ4n) is 2.47. The molecule has 5 nitrogen and oxygen atoms in total. The van der Waals surface area contributed by atoms with Crippen molar-refractivity contribution in [2.45, 2.75) is 32.3 Å². The molecule has 0 atom stereocenters. The monoisotopic (exact) mass is 388 g/mol. The molecule has 27 heavy (non-hydrogen) atoms. The fraction of sp³-hybridized carbons (Fsp3) is 0.333. The molecule has 0 aliphatic heterocycles. The summed E-state index contributed by atoms with van der Waals surface area (Å²) in [6.07, 6.45) is 1.70. The summed E-state index contributed by atoms with van der Waals surface area (Å²) in [6, 6.07) is 13.5. The van der Waals surface area contributed by atoms with Crippen LogP contribution in [0.2, 0.25) is 5.02 Å². The van der Waals surface area contributed by atoms with Crippen LogP contribution in [-0.2, 0) is 4.79 Å². The van der Waals surface area contributed by atoms with Crippen molar-refractivity contribution in [3.8, 4) is 5.75 Å². The minimum atomic E-state index is -1.02. The zero-order chi connectivity index (χ0) is 19.9. The molecule has 0 aromatic heterocycles. The third kappa shape index (κ3) is 6.08. The van der Waals surface area contributed by atoms with Crippen molar-refractivity contribution in [3.63, 3.8) is 0 Å². The van der Waals surface area contributed by atoms with E-state index in [0.29, 0.717) is 35.0 Å². The van der Waals surface area contributed by atoms with Crippen LogP contribution in [0.4, 0.5) is 0 Å². The van der Waals surface area contributed by atoms with Gasteiger partial charge in [-0.15, -0.1) is 0 Å². The highest BCUT2D eigenvalue weighted by Crippen LogP contribution is 2.21. The molecule has 144 valence electrons. The molecule has 2 rings (SSSR count). The van der Waals surface area contributed by atoms with E-state index in [1.54, 1.807) is 62.4 Å². The van der Waals surface area contributed by atoms with Gasteiger partial charge in [0.25, 0.3) is 5.91 Å². The maximum absolute atomic E-state index is 12.5. The number of benzene rings is 2. The zero-order valence-electron chi connectivity index (χ0n) is 15.6. The van der Waals surface area contributed by atoms with Crippen LogP contribution in [0.3, 0.4) is 0 Å². The molecule has 6 heteroatoms. The average molecular weight is 389 g/mol. The Bertz CT molecular complexity index is 771. The number of nitrogens with two attached hydrogens (primary N) is 1. The Morgan fingerprint density at radius 2 is 1.56 bits per heavy atom. The van der Waals surface area contributed by atoms with E-state index in [9.17, 15) is 9.59 Å². The highest BCUT2D eigenvalue weighted by molar-refractivity contribution is 6.30. The fourth-order valence-corrected chi connectivity index (χ4v) is 2.59. The largest absolute Gasteiger partial charge is 0.478 e. The van der Waals surface area contributed by atoms with Gasteiger partial charge < -0.3 is 15.8 Å². The molecule has 2 aromatic rings. The number of hydrogen-bond donors (Lipinski definition) is 2. The smallest absolute Gasteiger partial charge is 0.263 e. The van der Waals surface area contributed by atoms with Crippen molar-refractivity contribution in [1.29, 1.82) is 0 Å². The van der Waals surface area contributed by atoms with Crippen LogP contribution in [0.1, 0.15) is 42.6 Å². The number of ether oxygens (including phenoxy) is 1. The van der Waals surface area contributed by atoms with Gasteiger partial charge in [0, 0.05) is 22.7 Å². The predicted molar refractivity (Wildman–Crippen MR) is 107 cm³/mol. The molecule has 0 saturated carbocycles. The second kappa shape index (κ2) is 9.53. The molecule has 0 bridgehead atoms. The summed E-state index contributed by atoms with van der Waals surface area (Å²) < 4.78 is 5.81. The summed E-state index contributed by atoms with van der Waals surface area (Å²) in [6.45, 7) is 4.59. The first kappa shape index (κ1) is 20.9. The van der Waals surface area contributed by atoms with Crippen molar-refractivity contribution >= 4 is 23.3 Å². The lowest BCUT2D eigenvalue weighted by Gasteiger charge is -2.25. The van der Waals surface area contributed by atoms with Crippen molar-refractivity contribution in [1.82, 2.24) is 5.32 Å². The van der Waals surface area contributed by atoms with Gasteiger partial charge in [-0.3, -0.25) is 9.59 Å². The molecule has 0 radical (unpaired) electrons. The van der Waals surface area contributed by atoms with E-state index in [-0.39, 0.29) is 11.7 Å². The van der Waals surface area contributed by atoms with Crippen LogP contribution in [0.15, 0.2) is 48.5 Å². The second-order valence-electron chi connectivity index (χ2n) is 6.72. The molecule has 0 fully saturated rings. The lowest BCUT2D eigenvalue weighted by Crippen LogP contribution is -2.46. The zero-order valence-corrected chi connectivity index (χ0v) is 16.4. The Labute approximate surface area is 164 Å². The Morgan fingerprint density at radius 3 is 2.11 bits per heavy atom. The number of hydrogen-bond acceptors (Lipinski definition) is 4. The van der Waals surface area contributed by atoms with E-state index in [2.05, 4.69) is 5.32 Å². The molecule has 0 unspecified atom stereocenters. The number of amides is 1. The van der Waals surface area contributed by atoms with Crippen molar-refractivity contribution in [2.75, 3.05) is 13.1 Å². The Morgan fingerprint density at radius 1 is 1.00 bits per heavy atom. The minimum absolute atomic E-state index is 0.102. The van der Waals surface area contributed by atoms with E-state index in [0.717, 1.165) is 12.8 Å². The van der Waals surface area contributed by atoms with Gasteiger partial charge in [0.15, 0.2) is 11.4 Å². The SMILES string of the molecule is CC(C)(Oc1ccc(C(=O)c2ccc(Cl)cc2)cc1)C(=O)NCCCCN. The van der Waals surface area contributed by atoms with Gasteiger partial charge in [0.2, 0.25) is 0 Å². The van der Waals surface area contributed by atoms with Crippen molar-refractivity contribution in [2.24, 2.45) is 5.73 Å². The van der Waals surface area contributed by atoms with Crippen LogP contribution in [-0.4, -0.2) is 30.4 Å². The van der Waals surface area contributed by atoms with Gasteiger partial charge in [0.1, 0.15) is 5.75 Å². The number of carbonyl (C=O) groups excluding carboxylic acids is 2. The second-order valence-corrected chi connectivity index (χ2v) is 7.16. The van der Waals surface area contributed by atoms with E-state index in [1.807, 2.05) is 0 Å². The Hall–Kier alpha value is -2.37. The summed E-state index contributed by atoms with van der Waals surface area (Å²) >= 11 is 5.85. The van der Waals surface area contributed by atoms with Crippen LogP contribution < -0.4 is 15.8 Å². The molecular weight excluding hydrogens is 364 g/mol. The standard InChI is InChI=1S/C21H25ClN2O3/c1-21(2,20(26)24-14-4-3-13-23)27-18-11-7-16(8-12-18)19(25)15-5-9-17(22)10-6-15/h5-12H,3-4,13-14,23H2,1-2H3,(H,24,26). The molecule has 0 spiro atoms. The van der Waals surface area contributed by atoms with Crippen LogP contribution in [0, 0.1) is 0 Å². The summed E-state index contributed by atoms with van der Waals surface area (Å²) in [5.74, 6) is 0.223. The van der Waals surface area contributed by atoms with E-state index >= 15 is 0 Å². The highest BCUT2D eigenvalue weighted by Gasteiger charge is 2.29. The number of rotatable bonds is 9. The van der Waals surface area contributed by atoms with Crippen molar-refractivity contribution < 1.29 is 14.3 Å². The average Bonchev–Trinajstić information content (AvgIpc) is 2.65. The van der Waals surface area contributed by atoms with Crippen LogP contribution >= 0.6 is 11.6 Å². The third-order valence-corrected chi connectivity index (χ3v) is 4.31. The summed E-state index contributed by atoms with van der Waals surface area (Å²) in [4.78, 5) is 24.8. The molecule has 3 N–H and O–H groups in total. The normalized spacial score (nSPS) is 11.1. The van der Waals surface area contributed by atoms with Gasteiger partial charge in [-0.1, -0.05) is 11.6 Å². The number of ketones is 1. The number of nitrogens with one attached hydrogen (secondary N) is 1. The number of unbranched alkanes of at least 4 members (excludes halogenated alkanes) is 1.